The van der Waals surface area contributed by atoms with Gasteiger partial charge in [0.2, 0.25) is 5.91 Å². The van der Waals surface area contributed by atoms with Crippen LogP contribution in [0.3, 0.4) is 0 Å². The van der Waals surface area contributed by atoms with E-state index in [0.29, 0.717) is 24.6 Å². The Hall–Kier alpha value is -2.08. The van der Waals surface area contributed by atoms with Crippen LogP contribution in [0.25, 0.3) is 0 Å². The predicted octanol–water partition coefficient (Wildman–Crippen LogP) is 4.71. The summed E-state index contributed by atoms with van der Waals surface area (Å²) in [5.41, 5.74) is 1.67. The van der Waals surface area contributed by atoms with Crippen molar-refractivity contribution in [3.8, 4) is 0 Å². The molecule has 1 heterocycles. The van der Waals surface area contributed by atoms with Crippen LogP contribution in [0.1, 0.15) is 50.2 Å². The van der Waals surface area contributed by atoms with E-state index in [1.54, 1.807) is 17.0 Å². The summed E-state index contributed by atoms with van der Waals surface area (Å²) >= 11 is 3.40. The second-order valence-corrected chi connectivity index (χ2v) is 8.89. The molecule has 1 aromatic carbocycles. The molecule has 2 rings (SSSR count). The van der Waals surface area contributed by atoms with E-state index in [0.717, 1.165) is 16.6 Å². The highest BCUT2D eigenvalue weighted by molar-refractivity contribution is 9.10. The third-order valence-corrected chi connectivity index (χ3v) is 5.65. The highest BCUT2D eigenvalue weighted by atomic mass is 79.9. The van der Waals surface area contributed by atoms with E-state index in [1.807, 2.05) is 60.8 Å². The summed E-state index contributed by atoms with van der Waals surface area (Å²) in [6, 6.07) is 11.3. The van der Waals surface area contributed by atoms with Gasteiger partial charge >= 0.3 is 0 Å². The van der Waals surface area contributed by atoms with Gasteiger partial charge in [-0.3, -0.25) is 9.59 Å². The zero-order chi connectivity index (χ0) is 21.6. The maximum Gasteiger partial charge on any atom is 0.254 e. The molecule has 1 aromatic heterocycles. The zero-order valence-corrected chi connectivity index (χ0v) is 19.6. The van der Waals surface area contributed by atoms with Gasteiger partial charge in [-0.15, -0.1) is 0 Å². The van der Waals surface area contributed by atoms with Crippen molar-refractivity contribution in [3.05, 3.63) is 58.3 Å². The Morgan fingerprint density at radius 1 is 1.10 bits per heavy atom. The Labute approximate surface area is 182 Å². The van der Waals surface area contributed by atoms with Crippen molar-refractivity contribution in [1.82, 2.24) is 14.4 Å². The van der Waals surface area contributed by atoms with Crippen molar-refractivity contribution in [2.75, 3.05) is 13.1 Å². The van der Waals surface area contributed by atoms with Gasteiger partial charge < -0.3 is 14.4 Å². The molecule has 0 fully saturated rings. The van der Waals surface area contributed by atoms with Crippen molar-refractivity contribution in [1.29, 1.82) is 0 Å². The fourth-order valence-corrected chi connectivity index (χ4v) is 3.47. The highest BCUT2D eigenvalue weighted by Crippen LogP contribution is 2.16. The standard InChI is InChI=1S/C23H32BrN3O2/c1-6-18(4)27(23(29)19-9-11-20(24)12-10-19)16-22(28)26(14-17(2)3)15-21-8-7-13-25(21)5/h7-13,17-18H,6,14-16H2,1-5H3. The lowest BCUT2D eigenvalue weighted by Crippen LogP contribution is -2.47. The zero-order valence-electron chi connectivity index (χ0n) is 18.1. The molecule has 0 aliphatic carbocycles. The predicted molar refractivity (Wildman–Crippen MR) is 121 cm³/mol. The van der Waals surface area contributed by atoms with Crippen LogP contribution in [0.15, 0.2) is 47.1 Å². The lowest BCUT2D eigenvalue weighted by atomic mass is 10.1. The summed E-state index contributed by atoms with van der Waals surface area (Å²) in [5, 5.41) is 0. The fraction of sp³-hybridized carbons (Fsp3) is 0.478. The molecule has 1 atom stereocenters. The number of hydrogen-bond donors (Lipinski definition) is 0. The molecule has 0 bridgehead atoms. The minimum absolute atomic E-state index is 0.0222. The number of aryl methyl sites for hydroxylation is 1. The van der Waals surface area contributed by atoms with Gasteiger partial charge in [-0.25, -0.2) is 0 Å². The molecular weight excluding hydrogens is 430 g/mol. The summed E-state index contributed by atoms with van der Waals surface area (Å²) < 4.78 is 2.95. The fourth-order valence-electron chi connectivity index (χ4n) is 3.20. The molecule has 0 aliphatic heterocycles. The van der Waals surface area contributed by atoms with E-state index in [-0.39, 0.29) is 24.4 Å². The lowest BCUT2D eigenvalue weighted by molar-refractivity contribution is -0.133. The number of carbonyl (C=O) groups excluding carboxylic acids is 2. The molecule has 29 heavy (non-hydrogen) atoms. The van der Waals surface area contributed by atoms with Gasteiger partial charge in [-0.05, 0) is 55.7 Å². The van der Waals surface area contributed by atoms with E-state index in [4.69, 9.17) is 0 Å². The first-order valence-electron chi connectivity index (χ1n) is 10.2. The molecule has 1 unspecified atom stereocenters. The number of amides is 2. The van der Waals surface area contributed by atoms with Gasteiger partial charge in [-0.1, -0.05) is 36.7 Å². The third kappa shape index (κ3) is 6.46. The summed E-state index contributed by atoms with van der Waals surface area (Å²) in [6.45, 7) is 9.52. The summed E-state index contributed by atoms with van der Waals surface area (Å²) in [4.78, 5) is 30.0. The van der Waals surface area contributed by atoms with E-state index in [9.17, 15) is 9.59 Å². The van der Waals surface area contributed by atoms with E-state index >= 15 is 0 Å². The average molecular weight is 462 g/mol. The maximum absolute atomic E-state index is 13.3. The van der Waals surface area contributed by atoms with Gasteiger partial charge in [-0.2, -0.15) is 0 Å². The number of carbonyl (C=O) groups is 2. The van der Waals surface area contributed by atoms with Gasteiger partial charge in [0.25, 0.3) is 5.91 Å². The van der Waals surface area contributed by atoms with Gasteiger partial charge in [0.05, 0.1) is 6.54 Å². The molecule has 2 aromatic rings. The van der Waals surface area contributed by atoms with Crippen LogP contribution in [-0.2, 0) is 18.4 Å². The molecule has 2 amide bonds. The topological polar surface area (TPSA) is 45.6 Å². The number of rotatable bonds is 9. The maximum atomic E-state index is 13.3. The molecule has 158 valence electrons. The SMILES string of the molecule is CCC(C)N(CC(=O)N(Cc1cccn1C)CC(C)C)C(=O)c1ccc(Br)cc1. The monoisotopic (exact) mass is 461 g/mol. The minimum atomic E-state index is -0.108. The first-order valence-corrected chi connectivity index (χ1v) is 11.0. The van der Waals surface area contributed by atoms with Crippen molar-refractivity contribution in [2.24, 2.45) is 13.0 Å². The van der Waals surface area contributed by atoms with Gasteiger partial charge in [0.15, 0.2) is 0 Å². The van der Waals surface area contributed by atoms with E-state index < -0.39 is 0 Å². The van der Waals surface area contributed by atoms with Crippen LogP contribution < -0.4 is 0 Å². The molecule has 0 N–H and O–H groups in total. The van der Waals surface area contributed by atoms with Gasteiger partial charge in [0, 0.05) is 41.6 Å². The Balaban J connectivity index is 2.22. The summed E-state index contributed by atoms with van der Waals surface area (Å²) in [5.74, 6) is 0.215. The number of halogens is 1. The second kappa shape index (κ2) is 10.6. The number of nitrogens with zero attached hydrogens (tertiary/aromatic N) is 3. The smallest absolute Gasteiger partial charge is 0.254 e. The molecule has 0 spiro atoms. The largest absolute Gasteiger partial charge is 0.353 e. The molecule has 5 nitrogen and oxygen atoms in total. The first-order chi connectivity index (χ1) is 13.7. The Kier molecular flexibility index (Phi) is 8.50. The molecule has 0 radical (unpaired) electrons. The molecule has 0 saturated heterocycles. The van der Waals surface area contributed by atoms with E-state index in [2.05, 4.69) is 29.8 Å². The van der Waals surface area contributed by atoms with Gasteiger partial charge in [0.1, 0.15) is 6.54 Å². The second-order valence-electron chi connectivity index (χ2n) is 7.98. The Morgan fingerprint density at radius 3 is 2.28 bits per heavy atom. The van der Waals surface area contributed by atoms with Crippen LogP contribution in [0.5, 0.6) is 0 Å². The number of aromatic nitrogens is 1. The number of hydrogen-bond acceptors (Lipinski definition) is 2. The molecule has 0 aliphatic rings. The molecular formula is C23H32BrN3O2. The third-order valence-electron chi connectivity index (χ3n) is 5.12. The lowest BCUT2D eigenvalue weighted by Gasteiger charge is -2.32. The molecule has 0 saturated carbocycles. The van der Waals surface area contributed by atoms with E-state index in [1.165, 1.54) is 0 Å². The van der Waals surface area contributed by atoms with Crippen LogP contribution >= 0.6 is 15.9 Å². The van der Waals surface area contributed by atoms with Crippen LogP contribution in [0.4, 0.5) is 0 Å². The van der Waals surface area contributed by atoms with Crippen molar-refractivity contribution in [2.45, 2.75) is 46.7 Å². The van der Waals surface area contributed by atoms with Crippen molar-refractivity contribution >= 4 is 27.7 Å². The summed E-state index contributed by atoms with van der Waals surface area (Å²) in [7, 11) is 1.98. The highest BCUT2D eigenvalue weighted by Gasteiger charge is 2.26. The van der Waals surface area contributed by atoms with Crippen LogP contribution in [0.2, 0.25) is 0 Å². The van der Waals surface area contributed by atoms with Crippen molar-refractivity contribution < 1.29 is 9.59 Å². The van der Waals surface area contributed by atoms with Crippen LogP contribution in [0, 0.1) is 5.92 Å². The Morgan fingerprint density at radius 2 is 1.76 bits per heavy atom. The van der Waals surface area contributed by atoms with Crippen molar-refractivity contribution in [3.63, 3.8) is 0 Å². The quantitative estimate of drug-likeness (QED) is 0.542. The minimum Gasteiger partial charge on any atom is -0.353 e. The van der Waals surface area contributed by atoms with Crippen LogP contribution in [-0.4, -0.2) is 45.3 Å². The number of benzene rings is 1. The Bertz CT molecular complexity index is 814. The average Bonchev–Trinajstić information content (AvgIpc) is 3.09. The summed E-state index contributed by atoms with van der Waals surface area (Å²) in [6.07, 6.45) is 2.77. The first kappa shape index (κ1) is 23.2. The molecule has 6 heteroatoms. The normalized spacial score (nSPS) is 12.1.